The summed E-state index contributed by atoms with van der Waals surface area (Å²) in [6, 6.07) is 16.9. The molecule has 4 heteroatoms. The van der Waals surface area contributed by atoms with E-state index in [1.165, 1.54) is 0 Å². The van der Waals surface area contributed by atoms with Crippen LogP contribution in [0, 0.1) is 6.07 Å². The maximum Gasteiger partial charge on any atom is 0.231 e. The molecule has 22 heavy (non-hydrogen) atoms. The van der Waals surface area contributed by atoms with Crippen LogP contribution in [0.2, 0.25) is 0 Å². The van der Waals surface area contributed by atoms with E-state index in [4.69, 9.17) is 14.2 Å². The number of benzene rings is 2. The van der Waals surface area contributed by atoms with Crippen molar-refractivity contribution in [3.63, 3.8) is 0 Å². The summed E-state index contributed by atoms with van der Waals surface area (Å²) in [6.07, 6.45) is 3.97. The third kappa shape index (κ3) is 2.00. The average Bonchev–Trinajstić information content (AvgIpc) is 3.25. The van der Waals surface area contributed by atoms with Crippen molar-refractivity contribution in [3.05, 3.63) is 60.9 Å². The average molecular weight is 292 g/mol. The minimum atomic E-state index is 0.245. The fraction of sp³-hybridized carbons (Fsp3) is 0.111. The van der Waals surface area contributed by atoms with E-state index in [1.54, 1.807) is 7.11 Å². The third-order valence-electron chi connectivity index (χ3n) is 3.67. The number of hydrogen-bond acceptors (Lipinski definition) is 3. The Labute approximate surface area is 128 Å². The first-order chi connectivity index (χ1) is 10.9. The Hall–Kier alpha value is -2.88. The number of hydrogen-bond donors (Lipinski definition) is 0. The first-order valence-corrected chi connectivity index (χ1v) is 6.99. The number of fused-ring (bicyclic) bond motifs is 1. The molecule has 0 atom stereocenters. The van der Waals surface area contributed by atoms with E-state index in [-0.39, 0.29) is 6.79 Å². The first-order valence-electron chi connectivity index (χ1n) is 6.99. The molecule has 0 bridgehead atoms. The molecule has 0 amide bonds. The van der Waals surface area contributed by atoms with Crippen LogP contribution in [0.25, 0.3) is 16.8 Å². The van der Waals surface area contributed by atoms with Crippen LogP contribution in [0.1, 0.15) is 0 Å². The van der Waals surface area contributed by atoms with Crippen molar-refractivity contribution in [2.24, 2.45) is 0 Å². The first kappa shape index (κ1) is 12.8. The summed E-state index contributed by atoms with van der Waals surface area (Å²) < 4.78 is 18.5. The van der Waals surface area contributed by atoms with E-state index < -0.39 is 0 Å². The van der Waals surface area contributed by atoms with Crippen molar-refractivity contribution in [1.29, 1.82) is 0 Å². The van der Waals surface area contributed by atoms with Gasteiger partial charge in [-0.1, -0.05) is 6.07 Å². The lowest BCUT2D eigenvalue weighted by atomic mass is 10.0. The summed E-state index contributed by atoms with van der Waals surface area (Å²) in [4.78, 5) is 0. The van der Waals surface area contributed by atoms with Gasteiger partial charge in [-0.2, -0.15) is 0 Å². The van der Waals surface area contributed by atoms with Gasteiger partial charge in [-0.05, 0) is 48.0 Å². The molecule has 4 rings (SSSR count). The minimum absolute atomic E-state index is 0.245. The topological polar surface area (TPSA) is 32.6 Å². The molecular weight excluding hydrogens is 278 g/mol. The van der Waals surface area contributed by atoms with Gasteiger partial charge in [0.25, 0.3) is 0 Å². The van der Waals surface area contributed by atoms with Gasteiger partial charge in [0.2, 0.25) is 6.79 Å². The van der Waals surface area contributed by atoms with Gasteiger partial charge in [-0.25, -0.2) is 0 Å². The Bertz CT molecular complexity index is 809. The SMILES string of the molecule is COc1cc[c]c(-c2ccc3c(c2-n2cccc2)OCO3)c1. The number of ether oxygens (including phenoxy) is 3. The molecule has 2 heterocycles. The fourth-order valence-corrected chi connectivity index (χ4v) is 2.64. The monoisotopic (exact) mass is 292 g/mol. The highest BCUT2D eigenvalue weighted by atomic mass is 16.7. The van der Waals surface area contributed by atoms with Crippen LogP contribution in [-0.4, -0.2) is 18.5 Å². The molecule has 0 spiro atoms. The molecule has 1 aliphatic heterocycles. The molecule has 1 radical (unpaired) electrons. The van der Waals surface area contributed by atoms with Crippen molar-refractivity contribution in [1.82, 2.24) is 4.57 Å². The predicted octanol–water partition coefficient (Wildman–Crippen LogP) is 3.68. The molecule has 0 saturated carbocycles. The standard InChI is InChI=1S/C18H14NO3/c1-20-14-6-4-5-13(11-14)15-7-8-16-18(22-12-21-16)17(15)19-9-2-3-10-19/h2-4,6-11H,12H2,1H3. The van der Waals surface area contributed by atoms with Crippen molar-refractivity contribution < 1.29 is 14.2 Å². The van der Waals surface area contributed by atoms with Crippen LogP contribution in [0.5, 0.6) is 17.2 Å². The van der Waals surface area contributed by atoms with E-state index in [0.717, 1.165) is 34.1 Å². The second kappa shape index (κ2) is 5.15. The molecule has 0 unspecified atom stereocenters. The maximum absolute atomic E-state index is 5.68. The highest BCUT2D eigenvalue weighted by molar-refractivity contribution is 5.80. The van der Waals surface area contributed by atoms with E-state index >= 15 is 0 Å². The normalized spacial score (nSPS) is 12.4. The van der Waals surface area contributed by atoms with Crippen LogP contribution in [0.3, 0.4) is 0 Å². The van der Waals surface area contributed by atoms with Gasteiger partial charge < -0.3 is 18.8 Å². The zero-order valence-corrected chi connectivity index (χ0v) is 12.1. The summed E-state index contributed by atoms with van der Waals surface area (Å²) in [5.74, 6) is 2.31. The molecule has 4 nitrogen and oxygen atoms in total. The Morgan fingerprint density at radius 2 is 2.00 bits per heavy atom. The van der Waals surface area contributed by atoms with Crippen molar-refractivity contribution >= 4 is 0 Å². The lowest BCUT2D eigenvalue weighted by Crippen LogP contribution is -1.98. The van der Waals surface area contributed by atoms with Crippen LogP contribution in [-0.2, 0) is 0 Å². The summed E-state index contributed by atoms with van der Waals surface area (Å²) in [5, 5.41) is 0. The highest BCUT2D eigenvalue weighted by Gasteiger charge is 2.22. The number of rotatable bonds is 3. The zero-order chi connectivity index (χ0) is 14.9. The van der Waals surface area contributed by atoms with E-state index in [9.17, 15) is 0 Å². The van der Waals surface area contributed by atoms with Gasteiger partial charge in [0.1, 0.15) is 5.75 Å². The summed E-state index contributed by atoms with van der Waals surface area (Å²) >= 11 is 0. The van der Waals surface area contributed by atoms with E-state index in [2.05, 4.69) is 6.07 Å². The van der Waals surface area contributed by atoms with E-state index in [1.807, 2.05) is 59.4 Å². The summed E-state index contributed by atoms with van der Waals surface area (Å²) in [5.41, 5.74) is 2.91. The lowest BCUT2D eigenvalue weighted by molar-refractivity contribution is 0.174. The molecule has 0 N–H and O–H groups in total. The molecule has 0 fully saturated rings. The molecule has 109 valence electrons. The van der Waals surface area contributed by atoms with Crippen molar-refractivity contribution in [2.75, 3.05) is 13.9 Å². The smallest absolute Gasteiger partial charge is 0.231 e. The van der Waals surface area contributed by atoms with E-state index in [0.29, 0.717) is 0 Å². The van der Waals surface area contributed by atoms with Gasteiger partial charge >= 0.3 is 0 Å². The number of nitrogens with zero attached hydrogens (tertiary/aromatic N) is 1. The van der Waals surface area contributed by atoms with Crippen molar-refractivity contribution in [3.8, 4) is 34.1 Å². The van der Waals surface area contributed by atoms with Gasteiger partial charge in [0.15, 0.2) is 11.5 Å². The minimum Gasteiger partial charge on any atom is -0.497 e. The highest BCUT2D eigenvalue weighted by Crippen LogP contribution is 2.43. The van der Waals surface area contributed by atoms with Crippen LogP contribution < -0.4 is 14.2 Å². The Morgan fingerprint density at radius 1 is 1.14 bits per heavy atom. The van der Waals surface area contributed by atoms with Crippen LogP contribution in [0.4, 0.5) is 0 Å². The van der Waals surface area contributed by atoms with Gasteiger partial charge in [-0.3, -0.25) is 0 Å². The second-order valence-electron chi connectivity index (χ2n) is 4.93. The molecular formula is C18H14NO3. The van der Waals surface area contributed by atoms with Crippen molar-refractivity contribution in [2.45, 2.75) is 0 Å². The number of methoxy groups -OCH3 is 1. The molecule has 2 aromatic carbocycles. The predicted molar refractivity (Wildman–Crippen MR) is 82.7 cm³/mol. The molecule has 1 aromatic heterocycles. The Kier molecular flexibility index (Phi) is 3.00. The summed E-state index contributed by atoms with van der Waals surface area (Å²) in [7, 11) is 1.66. The van der Waals surface area contributed by atoms with Gasteiger partial charge in [0.05, 0.1) is 12.8 Å². The summed E-state index contributed by atoms with van der Waals surface area (Å²) in [6.45, 7) is 0.245. The molecule has 0 aliphatic carbocycles. The fourth-order valence-electron chi connectivity index (χ4n) is 2.64. The van der Waals surface area contributed by atoms with Crippen LogP contribution in [0.15, 0.2) is 54.9 Å². The number of aromatic nitrogens is 1. The Morgan fingerprint density at radius 3 is 2.82 bits per heavy atom. The second-order valence-corrected chi connectivity index (χ2v) is 4.93. The Balaban J connectivity index is 1.96. The van der Waals surface area contributed by atoms with Crippen LogP contribution >= 0.6 is 0 Å². The quantitative estimate of drug-likeness (QED) is 0.738. The molecule has 3 aromatic rings. The third-order valence-corrected chi connectivity index (χ3v) is 3.67. The van der Waals surface area contributed by atoms with Gasteiger partial charge in [-0.15, -0.1) is 0 Å². The van der Waals surface area contributed by atoms with Gasteiger partial charge in [0, 0.05) is 18.0 Å². The lowest BCUT2D eigenvalue weighted by Gasteiger charge is -2.14. The zero-order valence-electron chi connectivity index (χ0n) is 12.1. The molecule has 1 aliphatic rings. The molecule has 0 saturated heterocycles. The maximum atomic E-state index is 5.68. The largest absolute Gasteiger partial charge is 0.497 e.